The van der Waals surface area contributed by atoms with Gasteiger partial charge in [-0.25, -0.2) is 8.78 Å². The molecule has 0 saturated carbocycles. The SMILES string of the molecule is CC1=C(c2ccc(Cl)s2)C(=O)N(C(C)(C)C(=O)Nc2ccc(F)cc2F)CO1. The van der Waals surface area contributed by atoms with Crippen molar-refractivity contribution >= 4 is 46.0 Å². The van der Waals surface area contributed by atoms with Gasteiger partial charge in [0.2, 0.25) is 5.91 Å². The number of amides is 2. The number of nitrogens with one attached hydrogen (secondary N) is 1. The fraction of sp³-hybridized carbons (Fsp3) is 0.263. The lowest BCUT2D eigenvalue weighted by Crippen LogP contribution is -2.57. The molecule has 1 aliphatic rings. The summed E-state index contributed by atoms with van der Waals surface area (Å²) in [5.74, 6) is -2.27. The lowest BCUT2D eigenvalue weighted by atomic mass is 9.99. The van der Waals surface area contributed by atoms with Crippen molar-refractivity contribution in [1.29, 1.82) is 0 Å². The minimum Gasteiger partial charge on any atom is -0.477 e. The largest absolute Gasteiger partial charge is 0.477 e. The molecule has 9 heteroatoms. The molecule has 0 spiro atoms. The van der Waals surface area contributed by atoms with E-state index >= 15 is 0 Å². The van der Waals surface area contributed by atoms with Crippen LogP contribution < -0.4 is 5.32 Å². The second kappa shape index (κ2) is 7.52. The standard InChI is InChI=1S/C19H17ClF2N2O3S/c1-10-16(14-6-7-15(20)28-14)17(25)24(9-27-10)19(2,3)18(26)23-13-5-4-11(21)8-12(13)22/h4-8H,9H2,1-3H3,(H,23,26). The van der Waals surface area contributed by atoms with Crippen LogP contribution in [0.2, 0.25) is 4.34 Å². The van der Waals surface area contributed by atoms with E-state index in [4.69, 9.17) is 16.3 Å². The van der Waals surface area contributed by atoms with Gasteiger partial charge in [0.25, 0.3) is 5.91 Å². The minimum absolute atomic E-state index is 0.139. The number of nitrogens with zero attached hydrogens (tertiary/aromatic N) is 1. The number of anilines is 1. The number of benzene rings is 1. The van der Waals surface area contributed by atoms with Crippen LogP contribution in [0.3, 0.4) is 0 Å². The molecule has 0 radical (unpaired) electrons. The summed E-state index contributed by atoms with van der Waals surface area (Å²) in [6, 6.07) is 6.20. The Morgan fingerprint density at radius 3 is 2.61 bits per heavy atom. The summed E-state index contributed by atoms with van der Waals surface area (Å²) in [6.45, 7) is 4.56. The Labute approximate surface area is 169 Å². The van der Waals surface area contributed by atoms with Crippen molar-refractivity contribution in [3.05, 3.63) is 56.9 Å². The molecule has 2 aromatic rings. The maximum atomic E-state index is 13.9. The third-order valence-electron chi connectivity index (χ3n) is 4.45. The van der Waals surface area contributed by atoms with E-state index in [-0.39, 0.29) is 12.4 Å². The molecule has 2 heterocycles. The normalized spacial score (nSPS) is 14.9. The Morgan fingerprint density at radius 1 is 1.29 bits per heavy atom. The van der Waals surface area contributed by atoms with Gasteiger partial charge >= 0.3 is 0 Å². The predicted octanol–water partition coefficient (Wildman–Crippen LogP) is 4.64. The van der Waals surface area contributed by atoms with E-state index in [0.717, 1.165) is 12.1 Å². The van der Waals surface area contributed by atoms with Crippen molar-refractivity contribution in [3.63, 3.8) is 0 Å². The van der Waals surface area contributed by atoms with Crippen molar-refractivity contribution < 1.29 is 23.1 Å². The van der Waals surface area contributed by atoms with E-state index in [9.17, 15) is 18.4 Å². The van der Waals surface area contributed by atoms with E-state index in [1.807, 2.05) is 0 Å². The smallest absolute Gasteiger partial charge is 0.262 e. The number of carbonyl (C=O) groups excluding carboxylic acids is 2. The molecule has 1 aromatic carbocycles. The van der Waals surface area contributed by atoms with E-state index < -0.39 is 29.0 Å². The number of hydrogen-bond acceptors (Lipinski definition) is 4. The first kappa shape index (κ1) is 20.3. The molecular weight excluding hydrogens is 410 g/mol. The van der Waals surface area contributed by atoms with Crippen molar-refractivity contribution in [1.82, 2.24) is 4.90 Å². The number of halogens is 3. The maximum absolute atomic E-state index is 13.9. The molecule has 1 aromatic heterocycles. The molecule has 0 aliphatic carbocycles. The van der Waals surface area contributed by atoms with Crippen molar-refractivity contribution in [2.45, 2.75) is 26.3 Å². The molecule has 3 rings (SSSR count). The maximum Gasteiger partial charge on any atom is 0.262 e. The molecule has 1 aliphatic heterocycles. The Kier molecular flexibility index (Phi) is 5.45. The first-order chi connectivity index (χ1) is 13.1. The van der Waals surface area contributed by atoms with E-state index in [2.05, 4.69) is 5.32 Å². The summed E-state index contributed by atoms with van der Waals surface area (Å²) in [5.41, 5.74) is -1.23. The highest BCUT2D eigenvalue weighted by Gasteiger charge is 2.42. The third kappa shape index (κ3) is 3.74. The van der Waals surface area contributed by atoms with Crippen LogP contribution in [-0.2, 0) is 14.3 Å². The first-order valence-electron chi connectivity index (χ1n) is 8.29. The summed E-state index contributed by atoms with van der Waals surface area (Å²) in [5, 5.41) is 2.40. The third-order valence-corrected chi connectivity index (χ3v) is 5.70. The topological polar surface area (TPSA) is 58.6 Å². The van der Waals surface area contributed by atoms with Gasteiger partial charge in [0, 0.05) is 10.9 Å². The van der Waals surface area contributed by atoms with Crippen LogP contribution in [0.5, 0.6) is 0 Å². The summed E-state index contributed by atoms with van der Waals surface area (Å²) in [4.78, 5) is 27.8. The second-order valence-electron chi connectivity index (χ2n) is 6.68. The molecule has 2 amide bonds. The fourth-order valence-electron chi connectivity index (χ4n) is 2.71. The van der Waals surface area contributed by atoms with Gasteiger partial charge in [0.1, 0.15) is 22.9 Å². The molecule has 28 heavy (non-hydrogen) atoms. The lowest BCUT2D eigenvalue weighted by Gasteiger charge is -2.40. The van der Waals surface area contributed by atoms with Crippen molar-refractivity contribution in [2.75, 3.05) is 12.0 Å². The van der Waals surface area contributed by atoms with Crippen LogP contribution in [0.15, 0.2) is 36.1 Å². The molecule has 1 N–H and O–H groups in total. The van der Waals surface area contributed by atoms with E-state index in [1.54, 1.807) is 19.1 Å². The second-order valence-corrected chi connectivity index (χ2v) is 8.39. The van der Waals surface area contributed by atoms with Crippen molar-refractivity contribution in [3.8, 4) is 0 Å². The number of rotatable bonds is 4. The lowest BCUT2D eigenvalue weighted by molar-refractivity contribution is -0.147. The summed E-state index contributed by atoms with van der Waals surface area (Å²) in [6.07, 6.45) is 0. The van der Waals surface area contributed by atoms with Crippen LogP contribution in [0.25, 0.3) is 5.57 Å². The van der Waals surface area contributed by atoms with Gasteiger partial charge in [-0.2, -0.15) is 0 Å². The summed E-state index contributed by atoms with van der Waals surface area (Å²) >= 11 is 7.20. The Hall–Kier alpha value is -2.45. The number of thiophene rings is 1. The van der Waals surface area contributed by atoms with Crippen LogP contribution in [-0.4, -0.2) is 29.0 Å². The minimum atomic E-state index is -1.37. The van der Waals surface area contributed by atoms with Crippen molar-refractivity contribution in [2.24, 2.45) is 0 Å². The molecule has 0 saturated heterocycles. The van der Waals surface area contributed by atoms with Crippen LogP contribution >= 0.6 is 22.9 Å². The van der Waals surface area contributed by atoms with E-state index in [1.165, 1.54) is 30.1 Å². The van der Waals surface area contributed by atoms with Gasteiger partial charge in [0.15, 0.2) is 6.73 Å². The fourth-order valence-corrected chi connectivity index (χ4v) is 3.84. The van der Waals surface area contributed by atoms with Gasteiger partial charge in [0.05, 0.1) is 15.6 Å². The molecule has 0 atom stereocenters. The highest BCUT2D eigenvalue weighted by atomic mass is 35.5. The average Bonchev–Trinajstić information content (AvgIpc) is 3.03. The van der Waals surface area contributed by atoms with Gasteiger partial charge in [-0.05, 0) is 45.0 Å². The number of carbonyl (C=O) groups is 2. The Morgan fingerprint density at radius 2 is 2.00 bits per heavy atom. The van der Waals surface area contributed by atoms with Crippen LogP contribution in [0.4, 0.5) is 14.5 Å². The molecular formula is C19H17ClF2N2O3S. The van der Waals surface area contributed by atoms with Gasteiger partial charge in [-0.3, -0.25) is 14.5 Å². The van der Waals surface area contributed by atoms with Crippen LogP contribution in [0.1, 0.15) is 25.6 Å². The summed E-state index contributed by atoms with van der Waals surface area (Å²) < 4.78 is 33.1. The zero-order valence-corrected chi connectivity index (χ0v) is 16.9. The monoisotopic (exact) mass is 426 g/mol. The zero-order chi connectivity index (χ0) is 20.6. The highest BCUT2D eigenvalue weighted by Crippen LogP contribution is 2.35. The first-order valence-corrected chi connectivity index (χ1v) is 9.48. The highest BCUT2D eigenvalue weighted by molar-refractivity contribution is 7.17. The number of allylic oxidation sites excluding steroid dienone is 1. The number of hydrogen-bond donors (Lipinski definition) is 1. The van der Waals surface area contributed by atoms with E-state index in [0.29, 0.717) is 26.6 Å². The molecule has 5 nitrogen and oxygen atoms in total. The molecule has 148 valence electrons. The Bertz CT molecular complexity index is 987. The Balaban J connectivity index is 1.86. The predicted molar refractivity (Wildman–Crippen MR) is 104 cm³/mol. The molecule has 0 unspecified atom stereocenters. The van der Waals surface area contributed by atoms with Crippen LogP contribution in [0, 0.1) is 11.6 Å². The quantitative estimate of drug-likeness (QED) is 0.774. The summed E-state index contributed by atoms with van der Waals surface area (Å²) in [7, 11) is 0. The molecule has 0 bridgehead atoms. The van der Waals surface area contributed by atoms with Gasteiger partial charge < -0.3 is 10.1 Å². The molecule has 0 fully saturated rings. The zero-order valence-electron chi connectivity index (χ0n) is 15.3. The number of ether oxygens (including phenoxy) is 1. The average molecular weight is 427 g/mol. The van der Waals surface area contributed by atoms with Gasteiger partial charge in [-0.1, -0.05) is 11.6 Å². The van der Waals surface area contributed by atoms with Gasteiger partial charge in [-0.15, -0.1) is 11.3 Å².